The molecule has 0 spiro atoms. The highest BCUT2D eigenvalue weighted by Crippen LogP contribution is 2.23. The second-order valence-corrected chi connectivity index (χ2v) is 11.4. The Balaban J connectivity index is 1.28. The van der Waals surface area contributed by atoms with Crippen LogP contribution in [0.1, 0.15) is 18.1 Å². The molecule has 4 aromatic rings. The van der Waals surface area contributed by atoms with Crippen molar-refractivity contribution in [3.05, 3.63) is 78.0 Å². The number of aryl methyl sites for hydroxylation is 2. The highest BCUT2D eigenvalue weighted by Gasteiger charge is 2.15. The normalized spacial score (nSPS) is 14.7. The van der Waals surface area contributed by atoms with Crippen molar-refractivity contribution in [1.82, 2.24) is 19.5 Å². The minimum Gasteiger partial charge on any atom is -0.369 e. The Kier molecular flexibility index (Phi) is 7.29. The summed E-state index contributed by atoms with van der Waals surface area (Å²) in [6, 6.07) is 19.9. The Morgan fingerprint density at radius 3 is 2.35 bits per heavy atom. The van der Waals surface area contributed by atoms with E-state index in [4.69, 9.17) is 4.98 Å². The van der Waals surface area contributed by atoms with Crippen molar-refractivity contribution < 1.29 is 8.42 Å². The third-order valence-electron chi connectivity index (χ3n) is 6.76. The molecule has 3 heterocycles. The van der Waals surface area contributed by atoms with E-state index in [9.17, 15) is 8.42 Å². The first-order valence-electron chi connectivity index (χ1n) is 12.6. The standard InChI is InChI=1S/C27H33N7O2S/c1-3-37(35,36)31-25-9-5-4-7-21(25)10-11-22-8-6-16-34-26(22)29-27(30-34)28-23-12-14-24(15-13-23)33-19-17-32(2)18-20-33/h4-9,12-16,31H,3,10-11,17-20H2,1-2H3,(H,28,30). The van der Waals surface area contributed by atoms with Crippen molar-refractivity contribution in [2.45, 2.75) is 19.8 Å². The summed E-state index contributed by atoms with van der Waals surface area (Å²) in [4.78, 5) is 9.51. The molecule has 0 bridgehead atoms. The third kappa shape index (κ3) is 6.03. The number of para-hydroxylation sites is 1. The predicted molar refractivity (Wildman–Crippen MR) is 149 cm³/mol. The molecule has 0 aliphatic carbocycles. The summed E-state index contributed by atoms with van der Waals surface area (Å²) in [7, 11) is -1.18. The van der Waals surface area contributed by atoms with Gasteiger partial charge in [-0.2, -0.15) is 4.98 Å². The van der Waals surface area contributed by atoms with Gasteiger partial charge in [-0.25, -0.2) is 12.9 Å². The zero-order valence-corrected chi connectivity index (χ0v) is 22.1. The summed E-state index contributed by atoms with van der Waals surface area (Å²) in [5, 5.41) is 7.93. The van der Waals surface area contributed by atoms with Crippen LogP contribution in [0.3, 0.4) is 0 Å². The van der Waals surface area contributed by atoms with Crippen LogP contribution in [0.2, 0.25) is 0 Å². The van der Waals surface area contributed by atoms with Crippen LogP contribution < -0.4 is 14.9 Å². The zero-order chi connectivity index (χ0) is 25.8. The fraction of sp³-hybridized carbons (Fsp3) is 0.333. The average molecular weight is 520 g/mol. The zero-order valence-electron chi connectivity index (χ0n) is 21.3. The first-order valence-corrected chi connectivity index (χ1v) is 14.3. The Bertz CT molecular complexity index is 1460. The van der Waals surface area contributed by atoms with Gasteiger partial charge in [0, 0.05) is 43.8 Å². The summed E-state index contributed by atoms with van der Waals surface area (Å²) in [6.07, 6.45) is 3.26. The number of hydrogen-bond donors (Lipinski definition) is 2. The van der Waals surface area contributed by atoms with E-state index >= 15 is 0 Å². The molecule has 2 aromatic carbocycles. The molecule has 1 fully saturated rings. The maximum absolute atomic E-state index is 12.1. The van der Waals surface area contributed by atoms with E-state index in [0.29, 0.717) is 24.5 Å². The molecule has 9 nitrogen and oxygen atoms in total. The average Bonchev–Trinajstić information content (AvgIpc) is 3.32. The number of piperazine rings is 1. The second kappa shape index (κ2) is 10.8. The Morgan fingerprint density at radius 2 is 1.59 bits per heavy atom. The minimum atomic E-state index is -3.34. The maximum Gasteiger partial charge on any atom is 0.247 e. The fourth-order valence-corrected chi connectivity index (χ4v) is 5.18. The molecule has 2 N–H and O–H groups in total. The molecule has 1 aliphatic rings. The second-order valence-electron chi connectivity index (χ2n) is 9.36. The highest BCUT2D eigenvalue weighted by atomic mass is 32.2. The van der Waals surface area contributed by atoms with E-state index in [1.165, 1.54) is 5.69 Å². The molecule has 1 saturated heterocycles. The third-order valence-corrected chi connectivity index (χ3v) is 8.05. The number of rotatable bonds is 9. The van der Waals surface area contributed by atoms with Crippen LogP contribution >= 0.6 is 0 Å². The van der Waals surface area contributed by atoms with Gasteiger partial charge in [-0.15, -0.1) is 5.10 Å². The van der Waals surface area contributed by atoms with Crippen LogP contribution in [0.4, 0.5) is 23.0 Å². The van der Waals surface area contributed by atoms with Crippen molar-refractivity contribution in [2.24, 2.45) is 0 Å². The van der Waals surface area contributed by atoms with Crippen molar-refractivity contribution in [3.63, 3.8) is 0 Å². The van der Waals surface area contributed by atoms with Gasteiger partial charge in [-0.3, -0.25) is 4.72 Å². The number of sulfonamides is 1. The molecular weight excluding hydrogens is 486 g/mol. The minimum absolute atomic E-state index is 0.0365. The number of likely N-dealkylation sites (N-methyl/N-ethyl adjacent to an activating group) is 1. The summed E-state index contributed by atoms with van der Waals surface area (Å²) in [6.45, 7) is 5.86. The van der Waals surface area contributed by atoms with Gasteiger partial charge in [0.15, 0.2) is 5.65 Å². The topological polar surface area (TPSA) is 94.9 Å². The van der Waals surface area contributed by atoms with Gasteiger partial charge in [-0.05, 0) is 74.3 Å². The number of fused-ring (bicyclic) bond motifs is 1. The predicted octanol–water partition coefficient (Wildman–Crippen LogP) is 3.77. The summed E-state index contributed by atoms with van der Waals surface area (Å²) >= 11 is 0. The lowest BCUT2D eigenvalue weighted by Crippen LogP contribution is -2.44. The number of hydrogen-bond acceptors (Lipinski definition) is 7. The van der Waals surface area contributed by atoms with Crippen LogP contribution in [0.25, 0.3) is 5.65 Å². The molecule has 2 aromatic heterocycles. The largest absolute Gasteiger partial charge is 0.369 e. The highest BCUT2D eigenvalue weighted by molar-refractivity contribution is 7.92. The number of aromatic nitrogens is 3. The fourth-order valence-electron chi connectivity index (χ4n) is 4.51. The van der Waals surface area contributed by atoms with Gasteiger partial charge in [0.1, 0.15) is 0 Å². The Morgan fingerprint density at radius 1 is 0.892 bits per heavy atom. The van der Waals surface area contributed by atoms with Crippen molar-refractivity contribution in [3.8, 4) is 0 Å². The summed E-state index contributed by atoms with van der Waals surface area (Å²) in [5.74, 6) is 0.574. The lowest BCUT2D eigenvalue weighted by molar-refractivity contribution is 0.313. The number of nitrogens with zero attached hydrogens (tertiary/aromatic N) is 5. The number of benzene rings is 2. The van der Waals surface area contributed by atoms with Gasteiger partial charge in [0.2, 0.25) is 16.0 Å². The van der Waals surface area contributed by atoms with Gasteiger partial charge < -0.3 is 15.1 Å². The molecule has 194 valence electrons. The van der Waals surface area contributed by atoms with E-state index in [0.717, 1.165) is 48.6 Å². The van der Waals surface area contributed by atoms with Crippen LogP contribution in [0.15, 0.2) is 66.9 Å². The molecule has 0 atom stereocenters. The number of nitrogens with one attached hydrogen (secondary N) is 2. The molecule has 10 heteroatoms. The van der Waals surface area contributed by atoms with Crippen molar-refractivity contribution in [2.75, 3.05) is 53.9 Å². The van der Waals surface area contributed by atoms with E-state index in [-0.39, 0.29) is 5.75 Å². The molecule has 0 unspecified atom stereocenters. The van der Waals surface area contributed by atoms with E-state index in [2.05, 4.69) is 56.3 Å². The first-order chi connectivity index (χ1) is 17.9. The molecule has 0 radical (unpaired) electrons. The van der Waals surface area contributed by atoms with E-state index in [1.807, 2.05) is 36.5 Å². The summed E-state index contributed by atoms with van der Waals surface area (Å²) < 4.78 is 28.7. The first kappa shape index (κ1) is 25.0. The number of pyridine rings is 1. The van der Waals surface area contributed by atoms with Crippen molar-refractivity contribution in [1.29, 1.82) is 0 Å². The summed E-state index contributed by atoms with van der Waals surface area (Å²) in [5.41, 5.74) is 5.56. The van der Waals surface area contributed by atoms with E-state index in [1.54, 1.807) is 17.5 Å². The molecule has 5 rings (SSSR count). The monoisotopic (exact) mass is 519 g/mol. The lowest BCUT2D eigenvalue weighted by Gasteiger charge is -2.34. The van der Waals surface area contributed by atoms with Gasteiger partial charge in [-0.1, -0.05) is 24.3 Å². The Labute approximate surface area is 218 Å². The van der Waals surface area contributed by atoms with Crippen molar-refractivity contribution >= 4 is 38.7 Å². The molecule has 0 saturated carbocycles. The van der Waals surface area contributed by atoms with Crippen LogP contribution in [-0.2, 0) is 22.9 Å². The quantitative estimate of drug-likeness (QED) is 0.348. The molecule has 1 aliphatic heterocycles. The molecule has 0 amide bonds. The maximum atomic E-state index is 12.1. The van der Waals surface area contributed by atoms with Crippen LogP contribution in [0, 0.1) is 0 Å². The molecular formula is C27H33N7O2S. The number of anilines is 4. The van der Waals surface area contributed by atoms with Crippen LogP contribution in [0.5, 0.6) is 0 Å². The molecule has 37 heavy (non-hydrogen) atoms. The van der Waals surface area contributed by atoms with E-state index < -0.39 is 10.0 Å². The van der Waals surface area contributed by atoms with Gasteiger partial charge >= 0.3 is 0 Å². The van der Waals surface area contributed by atoms with Gasteiger partial charge in [0.05, 0.1) is 11.4 Å². The Hall–Kier alpha value is -3.63. The lowest BCUT2D eigenvalue weighted by atomic mass is 10.0. The van der Waals surface area contributed by atoms with Crippen LogP contribution in [-0.4, -0.2) is 66.9 Å². The van der Waals surface area contributed by atoms with Gasteiger partial charge in [0.25, 0.3) is 0 Å². The SMILES string of the molecule is CCS(=O)(=O)Nc1ccccc1CCc1cccn2nc(Nc3ccc(N4CCN(C)CC4)cc3)nc12. The smallest absolute Gasteiger partial charge is 0.247 e.